The van der Waals surface area contributed by atoms with E-state index in [0.29, 0.717) is 12.8 Å². The van der Waals surface area contributed by atoms with Gasteiger partial charge in [0.05, 0.1) is 17.2 Å². The SMILES string of the molecule is Cc1csc(CC2(C(=O)O)CC3CCC2O3)n1. The minimum Gasteiger partial charge on any atom is -0.481 e. The molecule has 17 heavy (non-hydrogen) atoms. The van der Waals surface area contributed by atoms with Crippen molar-refractivity contribution in [2.24, 2.45) is 5.41 Å². The van der Waals surface area contributed by atoms with E-state index in [0.717, 1.165) is 23.5 Å². The third kappa shape index (κ3) is 1.68. The number of aromatic nitrogens is 1. The molecule has 0 saturated carbocycles. The summed E-state index contributed by atoms with van der Waals surface area (Å²) in [5, 5.41) is 12.4. The number of carboxylic acids is 1. The van der Waals surface area contributed by atoms with Crippen molar-refractivity contribution < 1.29 is 14.6 Å². The van der Waals surface area contributed by atoms with E-state index in [1.807, 2.05) is 12.3 Å². The van der Waals surface area contributed by atoms with Gasteiger partial charge in [-0.15, -0.1) is 11.3 Å². The van der Waals surface area contributed by atoms with E-state index < -0.39 is 11.4 Å². The zero-order valence-corrected chi connectivity index (χ0v) is 10.5. The van der Waals surface area contributed by atoms with Crippen LogP contribution in [0.4, 0.5) is 0 Å². The number of hydrogen-bond donors (Lipinski definition) is 1. The van der Waals surface area contributed by atoms with Gasteiger partial charge < -0.3 is 9.84 Å². The molecule has 0 aromatic carbocycles. The second-order valence-electron chi connectivity index (χ2n) is 5.05. The number of rotatable bonds is 3. The van der Waals surface area contributed by atoms with Crippen molar-refractivity contribution in [2.45, 2.75) is 44.8 Å². The molecular weight excluding hydrogens is 238 g/mol. The van der Waals surface area contributed by atoms with Crippen LogP contribution >= 0.6 is 11.3 Å². The van der Waals surface area contributed by atoms with Crippen molar-refractivity contribution in [3.05, 3.63) is 16.1 Å². The second-order valence-corrected chi connectivity index (χ2v) is 5.99. The highest BCUT2D eigenvalue weighted by Crippen LogP contribution is 2.50. The first-order valence-corrected chi connectivity index (χ1v) is 6.78. The summed E-state index contributed by atoms with van der Waals surface area (Å²) in [6, 6.07) is 0. The van der Waals surface area contributed by atoms with Gasteiger partial charge in [0, 0.05) is 17.5 Å². The predicted molar refractivity (Wildman–Crippen MR) is 63.1 cm³/mol. The lowest BCUT2D eigenvalue weighted by atomic mass is 9.72. The molecule has 3 atom stereocenters. The molecule has 0 spiro atoms. The summed E-state index contributed by atoms with van der Waals surface area (Å²) in [6.07, 6.45) is 3.08. The summed E-state index contributed by atoms with van der Waals surface area (Å²) in [7, 11) is 0. The van der Waals surface area contributed by atoms with Gasteiger partial charge in [-0.2, -0.15) is 0 Å². The van der Waals surface area contributed by atoms with Gasteiger partial charge in [0.2, 0.25) is 0 Å². The highest BCUT2D eigenvalue weighted by Gasteiger charge is 2.57. The number of thiazole rings is 1. The van der Waals surface area contributed by atoms with Crippen LogP contribution in [0, 0.1) is 12.3 Å². The largest absolute Gasteiger partial charge is 0.481 e. The Hall–Kier alpha value is -0.940. The number of aliphatic carboxylic acids is 1. The summed E-state index contributed by atoms with van der Waals surface area (Å²) < 4.78 is 5.72. The molecule has 3 heterocycles. The number of ether oxygens (including phenoxy) is 1. The fraction of sp³-hybridized carbons (Fsp3) is 0.667. The quantitative estimate of drug-likeness (QED) is 0.895. The molecule has 4 nitrogen and oxygen atoms in total. The maximum Gasteiger partial charge on any atom is 0.312 e. The summed E-state index contributed by atoms with van der Waals surface area (Å²) in [6.45, 7) is 1.94. The number of aryl methyl sites for hydroxylation is 1. The van der Waals surface area contributed by atoms with Crippen molar-refractivity contribution >= 4 is 17.3 Å². The molecule has 0 radical (unpaired) electrons. The van der Waals surface area contributed by atoms with E-state index in [2.05, 4.69) is 4.98 Å². The van der Waals surface area contributed by atoms with Crippen LogP contribution in [0.5, 0.6) is 0 Å². The average molecular weight is 253 g/mol. The van der Waals surface area contributed by atoms with Gasteiger partial charge in [-0.05, 0) is 26.2 Å². The first kappa shape index (κ1) is 11.2. The van der Waals surface area contributed by atoms with Gasteiger partial charge in [0.15, 0.2) is 0 Å². The van der Waals surface area contributed by atoms with E-state index in [1.165, 1.54) is 0 Å². The first-order chi connectivity index (χ1) is 8.10. The molecule has 2 aliphatic rings. The second kappa shape index (κ2) is 3.78. The molecular formula is C12H15NO3S. The van der Waals surface area contributed by atoms with E-state index >= 15 is 0 Å². The van der Waals surface area contributed by atoms with E-state index in [9.17, 15) is 9.90 Å². The topological polar surface area (TPSA) is 59.4 Å². The summed E-state index contributed by atoms with van der Waals surface area (Å²) in [5.74, 6) is -0.724. The number of nitrogens with zero attached hydrogens (tertiary/aromatic N) is 1. The fourth-order valence-electron chi connectivity index (χ4n) is 3.04. The molecule has 1 aromatic rings. The van der Waals surface area contributed by atoms with Crippen molar-refractivity contribution in [1.82, 2.24) is 4.98 Å². The maximum atomic E-state index is 11.6. The van der Waals surface area contributed by atoms with Crippen LogP contribution < -0.4 is 0 Å². The lowest BCUT2D eigenvalue weighted by Gasteiger charge is -2.29. The highest BCUT2D eigenvalue weighted by atomic mass is 32.1. The summed E-state index contributed by atoms with van der Waals surface area (Å²) >= 11 is 1.55. The Morgan fingerprint density at radius 3 is 3.00 bits per heavy atom. The Kier molecular flexibility index (Phi) is 2.48. The lowest BCUT2D eigenvalue weighted by molar-refractivity contribution is -0.152. The fourth-order valence-corrected chi connectivity index (χ4v) is 3.94. The van der Waals surface area contributed by atoms with Crippen molar-refractivity contribution in [3.8, 4) is 0 Å². The van der Waals surface area contributed by atoms with Gasteiger partial charge in [-0.25, -0.2) is 4.98 Å². The van der Waals surface area contributed by atoms with Gasteiger partial charge in [-0.1, -0.05) is 0 Å². The smallest absolute Gasteiger partial charge is 0.312 e. The van der Waals surface area contributed by atoms with Crippen molar-refractivity contribution in [3.63, 3.8) is 0 Å². The molecule has 2 fully saturated rings. The Bertz CT molecular complexity index is 458. The van der Waals surface area contributed by atoms with Gasteiger partial charge >= 0.3 is 5.97 Å². The van der Waals surface area contributed by atoms with Crippen LogP contribution in [0.3, 0.4) is 0 Å². The van der Waals surface area contributed by atoms with E-state index in [1.54, 1.807) is 11.3 Å². The van der Waals surface area contributed by atoms with Gasteiger partial charge in [0.1, 0.15) is 5.41 Å². The van der Waals surface area contributed by atoms with Gasteiger partial charge in [-0.3, -0.25) is 4.79 Å². The average Bonchev–Trinajstić information content (AvgIpc) is 2.94. The number of hydrogen-bond acceptors (Lipinski definition) is 4. The van der Waals surface area contributed by atoms with Crippen molar-refractivity contribution in [2.75, 3.05) is 0 Å². The monoisotopic (exact) mass is 253 g/mol. The van der Waals surface area contributed by atoms with Crippen molar-refractivity contribution in [1.29, 1.82) is 0 Å². The summed E-state index contributed by atoms with van der Waals surface area (Å²) in [5.41, 5.74) is 0.238. The Balaban J connectivity index is 1.89. The van der Waals surface area contributed by atoms with Crippen LogP contribution in [-0.2, 0) is 16.0 Å². The first-order valence-electron chi connectivity index (χ1n) is 5.90. The number of carboxylic acid groups (broad SMARTS) is 1. The third-order valence-electron chi connectivity index (χ3n) is 3.87. The number of fused-ring (bicyclic) bond motifs is 2. The molecule has 0 aliphatic carbocycles. The van der Waals surface area contributed by atoms with Crippen LogP contribution in [-0.4, -0.2) is 28.3 Å². The summed E-state index contributed by atoms with van der Waals surface area (Å²) in [4.78, 5) is 16.0. The highest BCUT2D eigenvalue weighted by molar-refractivity contribution is 7.09. The van der Waals surface area contributed by atoms with Crippen LogP contribution in [0.2, 0.25) is 0 Å². The third-order valence-corrected chi connectivity index (χ3v) is 4.84. The number of carbonyl (C=O) groups is 1. The Labute approximate surface area is 104 Å². The van der Waals surface area contributed by atoms with Crippen LogP contribution in [0.25, 0.3) is 0 Å². The normalized spacial score (nSPS) is 35.4. The van der Waals surface area contributed by atoms with E-state index in [-0.39, 0.29) is 12.2 Å². The standard InChI is InChI=1S/C12H15NO3S/c1-7-6-17-10(13-7)5-12(11(14)15)4-8-2-3-9(12)16-8/h6,8-9H,2-5H2,1H3,(H,14,15). The Morgan fingerprint density at radius 1 is 1.71 bits per heavy atom. The molecule has 3 unspecified atom stereocenters. The van der Waals surface area contributed by atoms with Gasteiger partial charge in [0.25, 0.3) is 0 Å². The molecule has 92 valence electrons. The Morgan fingerprint density at radius 2 is 2.53 bits per heavy atom. The molecule has 2 saturated heterocycles. The van der Waals surface area contributed by atoms with E-state index in [4.69, 9.17) is 4.74 Å². The molecule has 3 rings (SSSR count). The van der Waals surface area contributed by atoms with Crippen LogP contribution in [0.1, 0.15) is 30.0 Å². The molecule has 5 heteroatoms. The lowest BCUT2D eigenvalue weighted by Crippen LogP contribution is -2.42. The minimum absolute atomic E-state index is 0.116. The molecule has 1 aromatic heterocycles. The zero-order valence-electron chi connectivity index (χ0n) is 9.68. The zero-order chi connectivity index (χ0) is 12.0. The maximum absolute atomic E-state index is 11.6. The molecule has 0 amide bonds. The molecule has 1 N–H and O–H groups in total. The predicted octanol–water partition coefficient (Wildman–Crippen LogP) is 2.02. The molecule has 2 aliphatic heterocycles. The van der Waals surface area contributed by atoms with Crippen LogP contribution in [0.15, 0.2) is 5.38 Å². The molecule has 2 bridgehead atoms. The minimum atomic E-state index is -0.729.